The van der Waals surface area contributed by atoms with Crippen LogP contribution >= 0.6 is 23.4 Å². The molecule has 0 fully saturated rings. The molecule has 3 N–H and O–H groups in total. The molecule has 1 aromatic carbocycles. The number of halogens is 1. The number of nitrogen functional groups attached to an aromatic ring is 1. The Balaban J connectivity index is 1.64. The van der Waals surface area contributed by atoms with E-state index in [1.165, 1.54) is 4.57 Å². The molecule has 3 rings (SSSR count). The quantitative estimate of drug-likeness (QED) is 0.359. The van der Waals surface area contributed by atoms with Crippen LogP contribution in [-0.4, -0.2) is 31.3 Å². The van der Waals surface area contributed by atoms with Gasteiger partial charge in [-0.25, -0.2) is 4.79 Å². The summed E-state index contributed by atoms with van der Waals surface area (Å²) >= 11 is 6.77. The number of thioether (sulfide) groups is 1. The Bertz CT molecular complexity index is 1190. The normalized spacial score (nSPS) is 11.1. The maximum absolute atomic E-state index is 12.6. The van der Waals surface area contributed by atoms with Crippen molar-refractivity contribution >= 4 is 35.0 Å². The van der Waals surface area contributed by atoms with Crippen molar-refractivity contribution in [2.75, 3.05) is 11.5 Å². The number of anilines is 1. The Morgan fingerprint density at radius 3 is 2.68 bits per heavy atom. The Kier molecular flexibility index (Phi) is 7.18. The van der Waals surface area contributed by atoms with Gasteiger partial charge in [0.25, 0.3) is 16.7 Å². The number of carbonyl (C=O) groups excluding carboxylic acids is 1. The molecule has 0 unspecified atom stereocenters. The van der Waals surface area contributed by atoms with E-state index in [1.807, 2.05) is 13.8 Å². The first-order chi connectivity index (χ1) is 14.7. The fourth-order valence-corrected chi connectivity index (χ4v) is 3.41. The van der Waals surface area contributed by atoms with Crippen LogP contribution in [0.4, 0.5) is 5.82 Å². The third kappa shape index (κ3) is 5.76. The smallest absolute Gasteiger partial charge is 0.329 e. The molecule has 0 spiro atoms. The summed E-state index contributed by atoms with van der Waals surface area (Å²) in [6.45, 7) is 4.09. The highest BCUT2D eigenvalue weighted by Gasteiger charge is 2.21. The SMILES string of the molecule is CC(C)Cn1c(N)c(C(=O)CSc2nnc(COc3ccc(Cl)cc3)o2)c(=O)[nH]c1=O. The fourth-order valence-electron chi connectivity index (χ4n) is 2.63. The number of ketones is 1. The van der Waals surface area contributed by atoms with E-state index in [2.05, 4.69) is 15.2 Å². The second kappa shape index (κ2) is 9.84. The van der Waals surface area contributed by atoms with Crippen LogP contribution in [0.25, 0.3) is 0 Å². The van der Waals surface area contributed by atoms with Crippen molar-refractivity contribution in [3.05, 3.63) is 61.6 Å². The molecule has 0 amide bonds. The summed E-state index contributed by atoms with van der Waals surface area (Å²) in [6.07, 6.45) is 0. The summed E-state index contributed by atoms with van der Waals surface area (Å²) in [5.41, 5.74) is 4.21. The van der Waals surface area contributed by atoms with Gasteiger partial charge in [-0.3, -0.25) is 19.1 Å². The second-order valence-electron chi connectivity index (χ2n) is 6.94. The van der Waals surface area contributed by atoms with Gasteiger partial charge in [-0.05, 0) is 30.2 Å². The topological polar surface area (TPSA) is 146 Å². The van der Waals surface area contributed by atoms with Gasteiger partial charge in [-0.15, -0.1) is 10.2 Å². The van der Waals surface area contributed by atoms with Gasteiger partial charge in [0.15, 0.2) is 12.4 Å². The predicted molar refractivity (Wildman–Crippen MR) is 116 cm³/mol. The lowest BCUT2D eigenvalue weighted by molar-refractivity contribution is 0.102. The van der Waals surface area contributed by atoms with Crippen LogP contribution in [0.15, 0.2) is 43.5 Å². The Morgan fingerprint density at radius 2 is 2.00 bits per heavy atom. The van der Waals surface area contributed by atoms with Gasteiger partial charge in [0.2, 0.25) is 0 Å². The number of nitrogens with one attached hydrogen (secondary N) is 1. The first-order valence-electron chi connectivity index (χ1n) is 9.24. The number of ether oxygens (including phenoxy) is 1. The van der Waals surface area contributed by atoms with Crippen molar-refractivity contribution in [3.8, 4) is 5.75 Å². The number of rotatable bonds is 9. The fraction of sp³-hybridized carbons (Fsp3) is 0.316. The molecule has 2 aromatic heterocycles. The molecule has 31 heavy (non-hydrogen) atoms. The Morgan fingerprint density at radius 1 is 1.29 bits per heavy atom. The molecular weight excluding hydrogens is 446 g/mol. The van der Waals surface area contributed by atoms with Gasteiger partial charge in [-0.2, -0.15) is 0 Å². The maximum atomic E-state index is 12.6. The molecule has 0 bridgehead atoms. The lowest BCUT2D eigenvalue weighted by atomic mass is 10.2. The monoisotopic (exact) mass is 465 g/mol. The average molecular weight is 466 g/mol. The van der Waals surface area contributed by atoms with E-state index >= 15 is 0 Å². The summed E-state index contributed by atoms with van der Waals surface area (Å²) in [5, 5.41) is 8.42. The number of hydrogen-bond acceptors (Lipinski definition) is 9. The molecule has 3 aromatic rings. The zero-order valence-electron chi connectivity index (χ0n) is 16.8. The van der Waals surface area contributed by atoms with E-state index < -0.39 is 17.0 Å². The van der Waals surface area contributed by atoms with Crippen LogP contribution in [0.3, 0.4) is 0 Å². The van der Waals surface area contributed by atoms with Gasteiger partial charge in [0.05, 0.1) is 5.75 Å². The molecule has 10 nitrogen and oxygen atoms in total. The van der Waals surface area contributed by atoms with Crippen LogP contribution in [0.1, 0.15) is 30.1 Å². The van der Waals surface area contributed by atoms with E-state index in [1.54, 1.807) is 24.3 Å². The van der Waals surface area contributed by atoms with Crippen molar-refractivity contribution in [2.24, 2.45) is 5.92 Å². The Labute approximate surface area is 185 Å². The highest BCUT2D eigenvalue weighted by Crippen LogP contribution is 2.20. The zero-order valence-corrected chi connectivity index (χ0v) is 18.3. The Hall–Kier alpha value is -3.05. The van der Waals surface area contributed by atoms with Crippen molar-refractivity contribution in [2.45, 2.75) is 32.2 Å². The van der Waals surface area contributed by atoms with Gasteiger partial charge < -0.3 is 14.9 Å². The molecular formula is C19H20ClN5O5S. The van der Waals surface area contributed by atoms with Crippen molar-refractivity contribution in [1.82, 2.24) is 19.7 Å². The molecule has 0 saturated carbocycles. The summed E-state index contributed by atoms with van der Waals surface area (Å²) in [4.78, 5) is 38.9. The van der Waals surface area contributed by atoms with Crippen LogP contribution < -0.4 is 21.7 Å². The van der Waals surface area contributed by atoms with E-state index in [-0.39, 0.29) is 47.3 Å². The van der Waals surface area contributed by atoms with Gasteiger partial charge in [0.1, 0.15) is 17.1 Å². The van der Waals surface area contributed by atoms with E-state index in [0.717, 1.165) is 11.8 Å². The van der Waals surface area contributed by atoms with Crippen LogP contribution in [-0.2, 0) is 13.2 Å². The number of Topliss-reactive ketones (excluding diaryl/α,β-unsaturated/α-hetero) is 1. The van der Waals surface area contributed by atoms with E-state index in [9.17, 15) is 14.4 Å². The molecule has 2 heterocycles. The summed E-state index contributed by atoms with van der Waals surface area (Å²) in [5.74, 6) is 0.00228. The molecule has 0 aliphatic heterocycles. The second-order valence-corrected chi connectivity index (χ2v) is 8.30. The van der Waals surface area contributed by atoms with Crippen LogP contribution in [0.2, 0.25) is 5.02 Å². The van der Waals surface area contributed by atoms with Crippen molar-refractivity contribution in [3.63, 3.8) is 0 Å². The lowest BCUT2D eigenvalue weighted by Gasteiger charge is -2.13. The molecule has 0 atom stereocenters. The minimum atomic E-state index is -0.823. The molecule has 0 saturated heterocycles. The van der Waals surface area contributed by atoms with E-state index in [4.69, 9.17) is 26.5 Å². The third-order valence-electron chi connectivity index (χ3n) is 4.02. The summed E-state index contributed by atoms with van der Waals surface area (Å²) in [7, 11) is 0. The van der Waals surface area contributed by atoms with Crippen molar-refractivity contribution in [1.29, 1.82) is 0 Å². The zero-order chi connectivity index (χ0) is 22.5. The predicted octanol–water partition coefficient (Wildman–Crippen LogP) is 2.37. The molecule has 164 valence electrons. The number of carbonyl (C=O) groups is 1. The highest BCUT2D eigenvalue weighted by atomic mass is 35.5. The minimum Gasteiger partial charge on any atom is -0.484 e. The van der Waals surface area contributed by atoms with Crippen LogP contribution in [0.5, 0.6) is 5.75 Å². The lowest BCUT2D eigenvalue weighted by Crippen LogP contribution is -2.37. The summed E-state index contributed by atoms with van der Waals surface area (Å²) < 4.78 is 12.1. The van der Waals surface area contributed by atoms with Gasteiger partial charge in [0, 0.05) is 11.6 Å². The van der Waals surface area contributed by atoms with E-state index in [0.29, 0.717) is 10.8 Å². The number of aromatic nitrogens is 4. The standard InChI is InChI=1S/C19H20ClN5O5S/c1-10(2)7-25-16(21)15(17(27)22-18(25)28)13(26)9-31-19-24-23-14(30-19)8-29-12-5-3-11(20)4-6-12/h3-6,10H,7-9,21H2,1-2H3,(H,22,27,28). The summed E-state index contributed by atoms with van der Waals surface area (Å²) in [6, 6.07) is 6.78. The largest absolute Gasteiger partial charge is 0.484 e. The number of hydrogen-bond donors (Lipinski definition) is 2. The number of H-pyrrole nitrogens is 1. The van der Waals surface area contributed by atoms with Crippen molar-refractivity contribution < 1.29 is 13.9 Å². The minimum absolute atomic E-state index is 0.0376. The number of nitrogens with two attached hydrogens (primary N) is 1. The number of aromatic amines is 1. The third-order valence-corrected chi connectivity index (χ3v) is 5.09. The average Bonchev–Trinajstić information content (AvgIpc) is 3.17. The number of benzene rings is 1. The first kappa shape index (κ1) is 22.6. The molecule has 12 heteroatoms. The molecule has 0 aliphatic carbocycles. The van der Waals surface area contributed by atoms with Gasteiger partial charge in [-0.1, -0.05) is 37.2 Å². The number of nitrogens with zero attached hydrogens (tertiary/aromatic N) is 3. The van der Waals surface area contributed by atoms with Crippen LogP contribution in [0, 0.1) is 5.92 Å². The van der Waals surface area contributed by atoms with Gasteiger partial charge >= 0.3 is 5.69 Å². The highest BCUT2D eigenvalue weighted by molar-refractivity contribution is 7.99. The molecule has 0 aliphatic rings. The maximum Gasteiger partial charge on any atom is 0.329 e. The first-order valence-corrected chi connectivity index (χ1v) is 10.6. The molecule has 0 radical (unpaired) electrons.